The number of rotatable bonds is 6. The third-order valence-electron chi connectivity index (χ3n) is 3.96. The molecule has 10 heteroatoms. The van der Waals surface area contributed by atoms with Crippen molar-refractivity contribution in [1.82, 2.24) is 14.4 Å². The highest BCUT2D eigenvalue weighted by Gasteiger charge is 2.21. The van der Waals surface area contributed by atoms with Crippen molar-refractivity contribution < 1.29 is 27.9 Å². The van der Waals surface area contributed by atoms with Crippen LogP contribution in [0, 0.1) is 0 Å². The minimum atomic E-state index is -3.92. The maximum Gasteiger partial charge on any atom is 0.269 e. The Morgan fingerprint density at radius 3 is 2.61 bits per heavy atom. The SMILES string of the molecule is COc1ccc(S(=O)(=O)n2ccc3cc(C=CC(=O)NO)cnc32)cc1OC. The third-order valence-corrected chi connectivity index (χ3v) is 5.63. The predicted molar refractivity (Wildman–Crippen MR) is 101 cm³/mol. The Balaban J connectivity index is 2.03. The molecule has 146 valence electrons. The first-order valence-electron chi connectivity index (χ1n) is 7.97. The standard InChI is InChI=1S/C18H17N3O6S/c1-26-15-5-4-14(10-16(15)27-2)28(24,25)21-8-7-13-9-12(11-19-18(13)21)3-6-17(22)20-23/h3-11,23H,1-2H3,(H,20,22). The van der Waals surface area contributed by atoms with Gasteiger partial charge in [0.05, 0.1) is 19.1 Å². The molecule has 0 fully saturated rings. The summed E-state index contributed by atoms with van der Waals surface area (Å²) in [5.74, 6) is 0.0246. The summed E-state index contributed by atoms with van der Waals surface area (Å²) >= 11 is 0. The summed E-state index contributed by atoms with van der Waals surface area (Å²) in [5, 5.41) is 9.07. The van der Waals surface area contributed by atoms with Gasteiger partial charge >= 0.3 is 0 Å². The summed E-state index contributed by atoms with van der Waals surface area (Å²) < 4.78 is 37.5. The van der Waals surface area contributed by atoms with Crippen LogP contribution in [0.2, 0.25) is 0 Å². The van der Waals surface area contributed by atoms with E-state index in [2.05, 4.69) is 4.98 Å². The van der Waals surface area contributed by atoms with Crippen LogP contribution in [-0.2, 0) is 14.8 Å². The molecule has 0 spiro atoms. The first-order chi connectivity index (χ1) is 13.4. The smallest absolute Gasteiger partial charge is 0.269 e. The van der Waals surface area contributed by atoms with Crippen LogP contribution in [-0.4, -0.2) is 42.7 Å². The van der Waals surface area contributed by atoms with Crippen molar-refractivity contribution in [2.24, 2.45) is 0 Å². The molecule has 0 unspecified atom stereocenters. The Kier molecular flexibility index (Phi) is 5.34. The Morgan fingerprint density at radius 1 is 1.18 bits per heavy atom. The Morgan fingerprint density at radius 2 is 1.93 bits per heavy atom. The van der Waals surface area contributed by atoms with Crippen LogP contribution in [0.25, 0.3) is 17.1 Å². The molecule has 28 heavy (non-hydrogen) atoms. The van der Waals surface area contributed by atoms with E-state index in [1.165, 1.54) is 56.4 Å². The van der Waals surface area contributed by atoms with Crippen LogP contribution in [0.1, 0.15) is 5.56 Å². The second kappa shape index (κ2) is 7.71. The zero-order valence-corrected chi connectivity index (χ0v) is 15.8. The first-order valence-corrected chi connectivity index (χ1v) is 9.41. The van der Waals surface area contributed by atoms with Crippen LogP contribution in [0.15, 0.2) is 53.7 Å². The lowest BCUT2D eigenvalue weighted by Gasteiger charge is -2.11. The second-order valence-electron chi connectivity index (χ2n) is 5.62. The molecule has 0 aliphatic heterocycles. The number of methoxy groups -OCH3 is 2. The maximum absolute atomic E-state index is 13.0. The minimum absolute atomic E-state index is 0.0213. The average molecular weight is 403 g/mol. The third kappa shape index (κ3) is 3.55. The van der Waals surface area contributed by atoms with Gasteiger partial charge in [-0.15, -0.1) is 0 Å². The van der Waals surface area contributed by atoms with Gasteiger partial charge < -0.3 is 9.47 Å². The molecule has 0 aliphatic carbocycles. The van der Waals surface area contributed by atoms with Gasteiger partial charge in [0.2, 0.25) is 0 Å². The van der Waals surface area contributed by atoms with E-state index in [0.717, 1.165) is 10.0 Å². The topological polar surface area (TPSA) is 120 Å². The molecule has 9 nitrogen and oxygen atoms in total. The number of carbonyl (C=O) groups excluding carboxylic acids is 1. The van der Waals surface area contributed by atoms with Gasteiger partial charge in [-0.2, -0.15) is 0 Å². The zero-order chi connectivity index (χ0) is 20.3. The number of hydrogen-bond donors (Lipinski definition) is 2. The fourth-order valence-electron chi connectivity index (χ4n) is 2.60. The predicted octanol–water partition coefficient (Wildman–Crippen LogP) is 1.81. The van der Waals surface area contributed by atoms with Crippen molar-refractivity contribution >= 4 is 33.0 Å². The van der Waals surface area contributed by atoms with E-state index >= 15 is 0 Å². The molecule has 0 saturated heterocycles. The second-order valence-corrected chi connectivity index (χ2v) is 7.44. The summed E-state index contributed by atoms with van der Waals surface area (Å²) in [6.45, 7) is 0. The molecule has 1 aromatic carbocycles. The Hall–Kier alpha value is -3.37. The number of hydroxylamine groups is 1. The highest BCUT2D eigenvalue weighted by molar-refractivity contribution is 7.90. The molecule has 2 aromatic heterocycles. The van der Waals surface area contributed by atoms with Gasteiger partial charge in [-0.1, -0.05) is 0 Å². The maximum atomic E-state index is 13.0. The quantitative estimate of drug-likeness (QED) is 0.366. The molecule has 1 amide bonds. The molecule has 0 saturated carbocycles. The summed E-state index contributed by atoms with van der Waals surface area (Å²) in [5.41, 5.74) is 2.29. The molecule has 3 rings (SSSR count). The number of carbonyl (C=O) groups is 1. The van der Waals surface area contributed by atoms with Gasteiger partial charge in [0.1, 0.15) is 0 Å². The van der Waals surface area contributed by atoms with Gasteiger partial charge in [-0.05, 0) is 35.9 Å². The number of pyridine rings is 1. The average Bonchev–Trinajstić information content (AvgIpc) is 3.15. The Bertz CT molecular complexity index is 1170. The number of amides is 1. The summed E-state index contributed by atoms with van der Waals surface area (Å²) in [7, 11) is -1.03. The lowest BCUT2D eigenvalue weighted by molar-refractivity contribution is -0.124. The van der Waals surface area contributed by atoms with E-state index in [9.17, 15) is 13.2 Å². The van der Waals surface area contributed by atoms with Gasteiger partial charge in [-0.3, -0.25) is 10.0 Å². The van der Waals surface area contributed by atoms with E-state index in [-0.39, 0.29) is 10.5 Å². The van der Waals surface area contributed by atoms with Gasteiger partial charge in [0.15, 0.2) is 17.1 Å². The van der Waals surface area contributed by atoms with Gasteiger partial charge in [-0.25, -0.2) is 22.9 Å². The monoisotopic (exact) mass is 403 g/mol. The fourth-order valence-corrected chi connectivity index (χ4v) is 3.93. The number of fused-ring (bicyclic) bond motifs is 1. The molecule has 2 heterocycles. The van der Waals surface area contributed by atoms with Crippen LogP contribution < -0.4 is 15.0 Å². The number of benzene rings is 1. The summed E-state index contributed by atoms with van der Waals surface area (Å²) in [4.78, 5) is 15.3. The van der Waals surface area contributed by atoms with Gasteiger partial charge in [0.25, 0.3) is 15.9 Å². The molecular formula is C18H17N3O6S. The fraction of sp³-hybridized carbons (Fsp3) is 0.111. The largest absolute Gasteiger partial charge is 0.493 e. The number of aromatic nitrogens is 2. The van der Waals surface area contributed by atoms with Crippen molar-refractivity contribution in [2.45, 2.75) is 4.90 Å². The highest BCUT2D eigenvalue weighted by atomic mass is 32.2. The van der Waals surface area contributed by atoms with Crippen molar-refractivity contribution in [3.8, 4) is 11.5 Å². The number of nitrogens with one attached hydrogen (secondary N) is 1. The van der Waals surface area contributed by atoms with Crippen LogP contribution in [0.4, 0.5) is 0 Å². The molecule has 0 radical (unpaired) electrons. The van der Waals surface area contributed by atoms with Crippen molar-refractivity contribution in [3.05, 3.63) is 54.4 Å². The molecule has 2 N–H and O–H groups in total. The number of hydrogen-bond acceptors (Lipinski definition) is 7. The van der Waals surface area contributed by atoms with E-state index < -0.39 is 15.9 Å². The van der Waals surface area contributed by atoms with Crippen LogP contribution in [0.3, 0.4) is 0 Å². The van der Waals surface area contributed by atoms with E-state index in [0.29, 0.717) is 22.4 Å². The van der Waals surface area contributed by atoms with Crippen LogP contribution in [0.5, 0.6) is 11.5 Å². The normalized spacial score (nSPS) is 11.7. The molecule has 3 aromatic rings. The van der Waals surface area contributed by atoms with Crippen molar-refractivity contribution in [2.75, 3.05) is 14.2 Å². The molecular weight excluding hydrogens is 386 g/mol. The number of nitrogens with zero attached hydrogens (tertiary/aromatic N) is 2. The Labute approximate surface area is 160 Å². The molecule has 0 bridgehead atoms. The lowest BCUT2D eigenvalue weighted by atomic mass is 10.2. The minimum Gasteiger partial charge on any atom is -0.493 e. The van der Waals surface area contributed by atoms with Gasteiger partial charge in [0, 0.05) is 29.9 Å². The van der Waals surface area contributed by atoms with Crippen molar-refractivity contribution in [3.63, 3.8) is 0 Å². The molecule has 0 aliphatic rings. The lowest BCUT2D eigenvalue weighted by Crippen LogP contribution is -2.14. The summed E-state index contributed by atoms with van der Waals surface area (Å²) in [6.07, 6.45) is 5.39. The zero-order valence-electron chi connectivity index (χ0n) is 15.0. The highest BCUT2D eigenvalue weighted by Crippen LogP contribution is 2.31. The van der Waals surface area contributed by atoms with Crippen LogP contribution >= 0.6 is 0 Å². The van der Waals surface area contributed by atoms with E-state index in [1.54, 1.807) is 12.1 Å². The molecule has 0 atom stereocenters. The van der Waals surface area contributed by atoms with E-state index in [1.807, 2.05) is 0 Å². The number of ether oxygens (including phenoxy) is 2. The first kappa shape index (κ1) is 19.4. The van der Waals surface area contributed by atoms with Crippen molar-refractivity contribution in [1.29, 1.82) is 0 Å². The van der Waals surface area contributed by atoms with E-state index in [4.69, 9.17) is 14.7 Å². The summed E-state index contributed by atoms with van der Waals surface area (Å²) in [6, 6.07) is 7.59.